The molecule has 0 saturated heterocycles. The van der Waals surface area contributed by atoms with E-state index in [1.165, 1.54) is 0 Å². The van der Waals surface area contributed by atoms with Gasteiger partial charge in [-0.05, 0) is 12.8 Å². The van der Waals surface area contributed by atoms with Gasteiger partial charge in [-0.1, -0.05) is 25.2 Å². The van der Waals surface area contributed by atoms with Gasteiger partial charge in [0.15, 0.2) is 0 Å². The lowest BCUT2D eigenvalue weighted by Gasteiger charge is -2.21. The van der Waals surface area contributed by atoms with Crippen molar-refractivity contribution in [1.82, 2.24) is 5.09 Å². The van der Waals surface area contributed by atoms with Gasteiger partial charge in [0.2, 0.25) is 0 Å². The van der Waals surface area contributed by atoms with Gasteiger partial charge < -0.3 is 15.1 Å². The van der Waals surface area contributed by atoms with Crippen LogP contribution in [0.5, 0.6) is 0 Å². The van der Waals surface area contributed by atoms with Gasteiger partial charge >= 0.3 is 11.9 Å². The SMILES string of the molecule is CCCCP(O)(=S)N[C@@H](CCC(=O)O)C(=O)O. The Kier molecular flexibility index (Phi) is 7.54. The van der Waals surface area contributed by atoms with Crippen LogP contribution in [0.25, 0.3) is 0 Å². The Morgan fingerprint density at radius 3 is 2.41 bits per heavy atom. The van der Waals surface area contributed by atoms with Crippen molar-refractivity contribution in [3.8, 4) is 0 Å². The van der Waals surface area contributed by atoms with Gasteiger partial charge in [0.05, 0.1) is 0 Å². The summed E-state index contributed by atoms with van der Waals surface area (Å²) in [4.78, 5) is 31.1. The summed E-state index contributed by atoms with van der Waals surface area (Å²) in [5.41, 5.74) is 0. The number of aliphatic carboxylic acids is 2. The molecule has 0 amide bonds. The van der Waals surface area contributed by atoms with Gasteiger partial charge in [-0.15, -0.1) is 0 Å². The van der Waals surface area contributed by atoms with Crippen molar-refractivity contribution in [2.24, 2.45) is 0 Å². The minimum absolute atomic E-state index is 0.0876. The fourth-order valence-corrected chi connectivity index (χ4v) is 3.56. The van der Waals surface area contributed by atoms with Crippen LogP contribution in [0.4, 0.5) is 0 Å². The number of carbonyl (C=O) groups is 2. The average Bonchev–Trinajstić information content (AvgIpc) is 2.20. The highest BCUT2D eigenvalue weighted by atomic mass is 32.4. The molecule has 0 heterocycles. The Balaban J connectivity index is 4.37. The van der Waals surface area contributed by atoms with Crippen molar-refractivity contribution >= 4 is 30.2 Å². The van der Waals surface area contributed by atoms with E-state index in [0.717, 1.165) is 6.42 Å². The van der Waals surface area contributed by atoms with E-state index in [0.29, 0.717) is 12.6 Å². The minimum Gasteiger partial charge on any atom is -0.481 e. The molecule has 17 heavy (non-hydrogen) atoms. The lowest BCUT2D eigenvalue weighted by Crippen LogP contribution is -2.35. The Morgan fingerprint density at radius 1 is 1.41 bits per heavy atom. The maximum Gasteiger partial charge on any atom is 0.321 e. The molecule has 0 aliphatic rings. The van der Waals surface area contributed by atoms with E-state index in [9.17, 15) is 14.5 Å². The van der Waals surface area contributed by atoms with Crippen molar-refractivity contribution in [3.63, 3.8) is 0 Å². The zero-order chi connectivity index (χ0) is 13.5. The van der Waals surface area contributed by atoms with Crippen LogP contribution in [0.3, 0.4) is 0 Å². The molecule has 0 aromatic carbocycles. The Labute approximate surface area is 105 Å². The first-order valence-corrected chi connectivity index (χ1v) is 8.26. The molecule has 0 saturated carbocycles. The molecule has 0 spiro atoms. The van der Waals surface area contributed by atoms with Crippen LogP contribution in [0, 0.1) is 0 Å². The molecule has 0 aromatic rings. The summed E-state index contributed by atoms with van der Waals surface area (Å²) in [6.07, 6.45) is -1.30. The van der Waals surface area contributed by atoms with Crippen LogP contribution in [0.1, 0.15) is 32.6 Å². The summed E-state index contributed by atoms with van der Waals surface area (Å²) in [5.74, 6) is -2.26. The molecule has 0 aliphatic heterocycles. The van der Waals surface area contributed by atoms with Gasteiger partial charge in [-0.3, -0.25) is 14.7 Å². The van der Waals surface area contributed by atoms with E-state index >= 15 is 0 Å². The number of carboxylic acids is 2. The first-order chi connectivity index (χ1) is 7.78. The molecule has 4 N–H and O–H groups in total. The highest BCUT2D eigenvalue weighted by Crippen LogP contribution is 2.38. The van der Waals surface area contributed by atoms with Crippen LogP contribution < -0.4 is 5.09 Å². The van der Waals surface area contributed by atoms with Gasteiger partial charge in [-0.25, -0.2) is 0 Å². The smallest absolute Gasteiger partial charge is 0.321 e. The molecule has 100 valence electrons. The molecule has 2 atom stereocenters. The van der Waals surface area contributed by atoms with Gasteiger partial charge in [0.1, 0.15) is 12.5 Å². The average molecular weight is 283 g/mol. The first-order valence-electron chi connectivity index (χ1n) is 5.32. The number of hydrogen-bond donors (Lipinski definition) is 4. The lowest BCUT2D eigenvalue weighted by molar-refractivity contribution is -0.140. The summed E-state index contributed by atoms with van der Waals surface area (Å²) in [5, 5.41) is 19.9. The maximum atomic E-state index is 10.9. The normalized spacial score (nSPS) is 16.1. The molecule has 6 nitrogen and oxygen atoms in total. The quantitative estimate of drug-likeness (QED) is 0.467. The predicted molar refractivity (Wildman–Crippen MR) is 67.7 cm³/mol. The summed E-state index contributed by atoms with van der Waals surface area (Å²) < 4.78 is 0. The summed E-state index contributed by atoms with van der Waals surface area (Å²) in [7, 11) is 0. The molecule has 0 aromatic heterocycles. The fraction of sp³-hybridized carbons (Fsp3) is 0.778. The van der Waals surface area contributed by atoms with Crippen LogP contribution in [-0.2, 0) is 21.4 Å². The van der Waals surface area contributed by atoms with E-state index in [1.807, 2.05) is 6.92 Å². The molecule has 0 bridgehead atoms. The Bertz CT molecular complexity index is 323. The van der Waals surface area contributed by atoms with Crippen molar-refractivity contribution in [1.29, 1.82) is 0 Å². The van der Waals surface area contributed by atoms with Gasteiger partial charge in [0, 0.05) is 12.6 Å². The zero-order valence-electron chi connectivity index (χ0n) is 9.63. The van der Waals surface area contributed by atoms with E-state index < -0.39 is 24.4 Å². The summed E-state index contributed by atoms with van der Waals surface area (Å²) in [6, 6.07) is -1.10. The third-order valence-corrected chi connectivity index (χ3v) is 4.62. The highest BCUT2D eigenvalue weighted by molar-refractivity contribution is 8.10. The van der Waals surface area contributed by atoms with Crippen LogP contribution in [0.15, 0.2) is 0 Å². The van der Waals surface area contributed by atoms with Crippen molar-refractivity contribution < 1.29 is 24.7 Å². The van der Waals surface area contributed by atoms with E-state index in [1.54, 1.807) is 0 Å². The topological polar surface area (TPSA) is 107 Å². The molecular formula is C9H18NO5PS. The van der Waals surface area contributed by atoms with Crippen molar-refractivity contribution in [2.75, 3.05) is 6.16 Å². The second-order valence-corrected chi connectivity index (χ2v) is 7.65. The number of nitrogens with one attached hydrogen (secondary N) is 1. The minimum atomic E-state index is -2.87. The standard InChI is InChI=1S/C9H18NO5PS/c1-2-3-6-16(15,17)10-7(9(13)14)4-5-8(11)12/h7H,2-6H2,1H3,(H,11,12)(H,13,14)(H2,10,15,17)/t7-,16?/m0/s1. The molecule has 0 aliphatic carbocycles. The van der Waals surface area contributed by atoms with Crippen LogP contribution in [0.2, 0.25) is 0 Å². The second kappa shape index (κ2) is 7.76. The lowest BCUT2D eigenvalue weighted by atomic mass is 10.2. The highest BCUT2D eigenvalue weighted by Gasteiger charge is 2.24. The second-order valence-electron chi connectivity index (χ2n) is 3.73. The van der Waals surface area contributed by atoms with Gasteiger partial charge in [-0.2, -0.15) is 0 Å². The number of unbranched alkanes of at least 4 members (excludes halogenated alkanes) is 1. The molecule has 8 heteroatoms. The largest absolute Gasteiger partial charge is 0.481 e. The van der Waals surface area contributed by atoms with E-state index in [2.05, 4.69) is 5.09 Å². The molecule has 1 unspecified atom stereocenters. The fourth-order valence-electron chi connectivity index (χ4n) is 1.19. The zero-order valence-corrected chi connectivity index (χ0v) is 11.3. The first kappa shape index (κ1) is 16.5. The predicted octanol–water partition coefficient (Wildman–Crippen LogP) is 0.996. The number of rotatable bonds is 9. The molecule has 0 rings (SSSR count). The number of carboxylic acid groups (broad SMARTS) is 2. The van der Waals surface area contributed by atoms with Crippen LogP contribution in [-0.4, -0.2) is 39.2 Å². The summed E-state index contributed by atoms with van der Waals surface area (Å²) in [6.45, 7) is 1.94. The molecular weight excluding hydrogens is 265 g/mol. The van der Waals surface area contributed by atoms with E-state index in [4.69, 9.17) is 22.0 Å². The van der Waals surface area contributed by atoms with Crippen molar-refractivity contribution in [3.05, 3.63) is 0 Å². The Morgan fingerprint density at radius 2 is 2.00 bits per heavy atom. The third-order valence-electron chi connectivity index (χ3n) is 2.12. The molecule has 0 radical (unpaired) electrons. The van der Waals surface area contributed by atoms with Crippen LogP contribution >= 0.6 is 6.42 Å². The Hall–Kier alpha value is -0.490. The van der Waals surface area contributed by atoms with E-state index in [-0.39, 0.29) is 12.8 Å². The third kappa shape index (κ3) is 8.26. The number of hydrogen-bond acceptors (Lipinski definition) is 3. The monoisotopic (exact) mass is 283 g/mol. The van der Waals surface area contributed by atoms with Gasteiger partial charge in [0.25, 0.3) is 0 Å². The molecule has 0 fully saturated rings. The van der Waals surface area contributed by atoms with Crippen molar-refractivity contribution in [2.45, 2.75) is 38.6 Å². The maximum absolute atomic E-state index is 10.9. The summed E-state index contributed by atoms with van der Waals surface area (Å²) >= 11 is 4.93.